The maximum Gasteiger partial charge on any atom is 0.244 e. The lowest BCUT2D eigenvalue weighted by Crippen LogP contribution is -2.23. The number of aromatic nitrogens is 1. The van der Waals surface area contributed by atoms with Crippen molar-refractivity contribution in [3.05, 3.63) is 42.6 Å². The van der Waals surface area contributed by atoms with Gasteiger partial charge in [-0.1, -0.05) is 17.8 Å². The molecule has 0 saturated carbocycles. The zero-order chi connectivity index (χ0) is 19.3. The second kappa shape index (κ2) is 8.52. The van der Waals surface area contributed by atoms with Gasteiger partial charge in [-0.3, -0.25) is 4.79 Å². The van der Waals surface area contributed by atoms with Gasteiger partial charge in [0.25, 0.3) is 0 Å². The fourth-order valence-corrected chi connectivity index (χ4v) is 3.62. The molecule has 2 aromatic rings. The predicted octanol–water partition coefficient (Wildman–Crippen LogP) is 2.46. The quantitative estimate of drug-likeness (QED) is 0.725. The summed E-state index contributed by atoms with van der Waals surface area (Å²) in [5.74, 6) is 0.470. The predicted molar refractivity (Wildman–Crippen MR) is 102 cm³/mol. The lowest BCUT2D eigenvalue weighted by molar-refractivity contribution is -0.115. The number of pyridine rings is 1. The number of carbonyl (C=O) groups excluding carboxylic acids is 1. The highest BCUT2D eigenvalue weighted by molar-refractivity contribution is 8.00. The fourth-order valence-electron chi connectivity index (χ4n) is 1.98. The first-order valence-corrected chi connectivity index (χ1v) is 10.1. The maximum absolute atomic E-state index is 12.3. The van der Waals surface area contributed by atoms with Crippen molar-refractivity contribution in [2.24, 2.45) is 0 Å². The number of thioether (sulfide) groups is 1. The molecule has 1 atom stereocenters. The molecule has 0 aliphatic carbocycles. The van der Waals surface area contributed by atoms with Crippen LogP contribution in [-0.2, 0) is 14.8 Å². The van der Waals surface area contributed by atoms with Crippen LogP contribution in [0.15, 0.2) is 52.5 Å². The molecule has 1 amide bonds. The number of hydrogen-bond acceptors (Lipinski definition) is 6. The van der Waals surface area contributed by atoms with Crippen LogP contribution in [0.25, 0.3) is 0 Å². The number of nitrogens with one attached hydrogen (secondary N) is 1. The van der Waals surface area contributed by atoms with Gasteiger partial charge in [0.2, 0.25) is 15.9 Å². The van der Waals surface area contributed by atoms with Crippen LogP contribution in [0.3, 0.4) is 0 Å². The smallest absolute Gasteiger partial charge is 0.244 e. The third kappa shape index (κ3) is 4.96. The molecular weight excluding hydrogens is 374 g/mol. The fraction of sp³-hybridized carbons (Fsp3) is 0.294. The minimum atomic E-state index is -3.52. The average molecular weight is 396 g/mol. The molecule has 1 heterocycles. The summed E-state index contributed by atoms with van der Waals surface area (Å²) < 4.78 is 30.3. The van der Waals surface area contributed by atoms with Crippen molar-refractivity contribution < 1.29 is 17.9 Å². The number of ether oxygens (including phenoxy) is 1. The minimum absolute atomic E-state index is 0.111. The maximum atomic E-state index is 12.3. The first-order chi connectivity index (χ1) is 12.2. The van der Waals surface area contributed by atoms with Gasteiger partial charge in [-0.15, -0.1) is 0 Å². The van der Waals surface area contributed by atoms with E-state index in [1.165, 1.54) is 38.1 Å². The zero-order valence-corrected chi connectivity index (χ0v) is 16.6. The Labute approximate surface area is 157 Å². The van der Waals surface area contributed by atoms with Gasteiger partial charge >= 0.3 is 0 Å². The molecule has 0 aliphatic rings. The van der Waals surface area contributed by atoms with Crippen LogP contribution < -0.4 is 10.1 Å². The summed E-state index contributed by atoms with van der Waals surface area (Å²) in [4.78, 5) is 16.6. The van der Waals surface area contributed by atoms with E-state index in [1.807, 2.05) is 0 Å². The Kier molecular flexibility index (Phi) is 6.63. The highest BCUT2D eigenvalue weighted by atomic mass is 32.2. The zero-order valence-electron chi connectivity index (χ0n) is 15.0. The van der Waals surface area contributed by atoms with E-state index in [2.05, 4.69) is 10.3 Å². The SMILES string of the molecule is COc1cccc(NC(=O)[C@@H](C)Sc2ccc(S(=O)(=O)N(C)C)cn2)c1. The molecule has 0 saturated heterocycles. The number of sulfonamides is 1. The van der Waals surface area contributed by atoms with Crippen molar-refractivity contribution in [2.75, 3.05) is 26.5 Å². The van der Waals surface area contributed by atoms with Crippen LogP contribution in [-0.4, -0.2) is 50.1 Å². The van der Waals surface area contributed by atoms with Gasteiger partial charge in [-0.05, 0) is 31.2 Å². The van der Waals surface area contributed by atoms with Crippen LogP contribution in [0.1, 0.15) is 6.92 Å². The third-order valence-electron chi connectivity index (χ3n) is 3.49. The summed E-state index contributed by atoms with van der Waals surface area (Å²) in [7, 11) is 0.968. The van der Waals surface area contributed by atoms with Gasteiger partial charge in [-0.2, -0.15) is 0 Å². The van der Waals surface area contributed by atoms with Crippen LogP contribution in [0.2, 0.25) is 0 Å². The van der Waals surface area contributed by atoms with Gasteiger partial charge in [0.15, 0.2) is 0 Å². The van der Waals surface area contributed by atoms with E-state index >= 15 is 0 Å². The Balaban J connectivity index is 2.02. The first-order valence-electron chi connectivity index (χ1n) is 7.74. The standard InChI is InChI=1S/C17H21N3O4S2/c1-12(17(21)19-13-6-5-7-14(10-13)24-4)25-16-9-8-15(11-18-16)26(22,23)20(2)3/h5-12H,1-4H3,(H,19,21)/t12-/m1/s1. The topological polar surface area (TPSA) is 88.6 Å². The van der Waals surface area contributed by atoms with E-state index < -0.39 is 15.3 Å². The van der Waals surface area contributed by atoms with Gasteiger partial charge < -0.3 is 10.1 Å². The second-order valence-electron chi connectivity index (χ2n) is 5.60. The molecule has 1 aromatic carbocycles. The molecule has 2 rings (SSSR count). The van der Waals surface area contributed by atoms with Crippen molar-refractivity contribution in [1.29, 1.82) is 0 Å². The van der Waals surface area contributed by atoms with Crippen molar-refractivity contribution >= 4 is 33.4 Å². The summed E-state index contributed by atoms with van der Waals surface area (Å²) in [6, 6.07) is 10.2. The van der Waals surface area contributed by atoms with Crippen LogP contribution >= 0.6 is 11.8 Å². The van der Waals surface area contributed by atoms with Gasteiger partial charge in [0.1, 0.15) is 10.6 Å². The molecule has 0 unspecified atom stereocenters. The van der Waals surface area contributed by atoms with Crippen LogP contribution in [0, 0.1) is 0 Å². The number of amides is 1. The van der Waals surface area contributed by atoms with E-state index in [-0.39, 0.29) is 10.8 Å². The number of carbonyl (C=O) groups is 1. The summed E-state index contributed by atoms with van der Waals surface area (Å²) in [5, 5.41) is 2.97. The molecule has 1 aromatic heterocycles. The number of anilines is 1. The number of nitrogens with zero attached hydrogens (tertiary/aromatic N) is 2. The molecule has 0 spiro atoms. The van der Waals surface area contributed by atoms with E-state index in [0.29, 0.717) is 16.5 Å². The van der Waals surface area contributed by atoms with Crippen LogP contribution in [0.4, 0.5) is 5.69 Å². The van der Waals surface area contributed by atoms with Crippen molar-refractivity contribution in [3.63, 3.8) is 0 Å². The average Bonchev–Trinajstić information content (AvgIpc) is 2.62. The van der Waals surface area contributed by atoms with Crippen LogP contribution in [0.5, 0.6) is 5.75 Å². The highest BCUT2D eigenvalue weighted by Crippen LogP contribution is 2.24. The minimum Gasteiger partial charge on any atom is -0.497 e. The molecule has 1 N–H and O–H groups in total. The summed E-state index contributed by atoms with van der Waals surface area (Å²) in [5.41, 5.74) is 0.641. The Morgan fingerprint density at radius 1 is 1.27 bits per heavy atom. The van der Waals surface area contributed by atoms with Gasteiger partial charge in [0, 0.05) is 32.0 Å². The molecule has 0 bridgehead atoms. The molecule has 0 fully saturated rings. The Hall–Kier alpha value is -2.10. The Bertz CT molecular complexity index is 868. The van der Waals surface area contributed by atoms with Crippen molar-refractivity contribution in [2.45, 2.75) is 22.1 Å². The molecule has 9 heteroatoms. The second-order valence-corrected chi connectivity index (χ2v) is 9.11. The lowest BCUT2D eigenvalue weighted by Gasteiger charge is -2.13. The van der Waals surface area contributed by atoms with Gasteiger partial charge in [0.05, 0.1) is 17.4 Å². The van der Waals surface area contributed by atoms with E-state index in [1.54, 1.807) is 44.4 Å². The lowest BCUT2D eigenvalue weighted by atomic mass is 10.3. The number of methoxy groups -OCH3 is 1. The molecule has 26 heavy (non-hydrogen) atoms. The molecule has 0 radical (unpaired) electrons. The largest absolute Gasteiger partial charge is 0.497 e. The summed E-state index contributed by atoms with van der Waals surface area (Å²) >= 11 is 1.25. The van der Waals surface area contributed by atoms with E-state index in [4.69, 9.17) is 4.74 Å². The summed E-state index contributed by atoms with van der Waals surface area (Å²) in [6.07, 6.45) is 1.30. The van der Waals surface area contributed by atoms with E-state index in [0.717, 1.165) is 4.31 Å². The molecule has 0 aliphatic heterocycles. The van der Waals surface area contributed by atoms with E-state index in [9.17, 15) is 13.2 Å². The summed E-state index contributed by atoms with van der Waals surface area (Å²) in [6.45, 7) is 1.76. The number of hydrogen-bond donors (Lipinski definition) is 1. The first kappa shape index (κ1) is 20.2. The third-order valence-corrected chi connectivity index (χ3v) is 6.34. The highest BCUT2D eigenvalue weighted by Gasteiger charge is 2.19. The van der Waals surface area contributed by atoms with Crippen molar-refractivity contribution in [3.8, 4) is 5.75 Å². The number of rotatable bonds is 7. The normalized spacial score (nSPS) is 12.7. The molecule has 140 valence electrons. The molecule has 7 nitrogen and oxygen atoms in total. The number of benzene rings is 1. The van der Waals surface area contributed by atoms with Crippen molar-refractivity contribution in [1.82, 2.24) is 9.29 Å². The van der Waals surface area contributed by atoms with Gasteiger partial charge in [-0.25, -0.2) is 17.7 Å². The Morgan fingerprint density at radius 2 is 2.00 bits per heavy atom. The molecular formula is C17H21N3O4S2. The Morgan fingerprint density at radius 3 is 2.58 bits per heavy atom. The monoisotopic (exact) mass is 395 g/mol.